The molecule has 0 radical (unpaired) electrons. The molecule has 2 N–H and O–H groups in total. The van der Waals surface area contributed by atoms with Crippen LogP contribution in [0.1, 0.15) is 11.8 Å². The molecule has 1 atom stereocenters. The Labute approximate surface area is 103 Å². The van der Waals surface area contributed by atoms with Crippen molar-refractivity contribution in [3.8, 4) is 5.75 Å². The van der Waals surface area contributed by atoms with Gasteiger partial charge in [-0.25, -0.2) is 4.98 Å². The first-order valence-corrected chi connectivity index (χ1v) is 5.79. The minimum absolute atomic E-state index is 0.0849. The third kappa shape index (κ3) is 1.96. The molecular weight excluding hydrogens is 234 g/mol. The standard InChI is InChI=1S/C12H13N3O3/c16-8-1-3-15-11(5-8)14-9(6-12(15)17)10-7-13-2-4-18-10/h1,3,5-6,10,13,16H,2,4,7H2. The van der Waals surface area contributed by atoms with Gasteiger partial charge in [0.15, 0.2) is 0 Å². The first-order chi connectivity index (χ1) is 8.74. The van der Waals surface area contributed by atoms with Gasteiger partial charge in [-0.1, -0.05) is 0 Å². The molecule has 0 aliphatic carbocycles. The van der Waals surface area contributed by atoms with Gasteiger partial charge in [0, 0.05) is 31.4 Å². The topological polar surface area (TPSA) is 75.9 Å². The average molecular weight is 247 g/mol. The lowest BCUT2D eigenvalue weighted by Gasteiger charge is -2.23. The van der Waals surface area contributed by atoms with Crippen molar-refractivity contribution in [1.29, 1.82) is 0 Å². The highest BCUT2D eigenvalue weighted by Crippen LogP contribution is 2.17. The summed E-state index contributed by atoms with van der Waals surface area (Å²) in [5, 5.41) is 12.6. The zero-order valence-electron chi connectivity index (χ0n) is 9.67. The molecule has 94 valence electrons. The SMILES string of the molecule is O=c1cc(C2CNCCO2)nc2cc(O)ccn12. The minimum Gasteiger partial charge on any atom is -0.508 e. The van der Waals surface area contributed by atoms with Crippen molar-refractivity contribution in [2.24, 2.45) is 0 Å². The molecule has 1 saturated heterocycles. The molecule has 1 unspecified atom stereocenters. The number of aromatic hydroxyl groups is 1. The first-order valence-electron chi connectivity index (χ1n) is 5.79. The van der Waals surface area contributed by atoms with Gasteiger partial charge >= 0.3 is 0 Å². The number of ether oxygens (including phenoxy) is 1. The number of morpholine rings is 1. The van der Waals surface area contributed by atoms with Crippen LogP contribution in [0.15, 0.2) is 29.2 Å². The van der Waals surface area contributed by atoms with Crippen LogP contribution in [0.3, 0.4) is 0 Å². The smallest absolute Gasteiger partial charge is 0.258 e. The Morgan fingerprint density at radius 3 is 3.17 bits per heavy atom. The van der Waals surface area contributed by atoms with Gasteiger partial charge in [-0.05, 0) is 6.07 Å². The summed E-state index contributed by atoms with van der Waals surface area (Å²) in [7, 11) is 0. The number of hydrogen-bond acceptors (Lipinski definition) is 5. The second kappa shape index (κ2) is 4.40. The van der Waals surface area contributed by atoms with Crippen LogP contribution in [0.25, 0.3) is 5.65 Å². The van der Waals surface area contributed by atoms with Gasteiger partial charge < -0.3 is 15.2 Å². The van der Waals surface area contributed by atoms with Crippen molar-refractivity contribution in [3.63, 3.8) is 0 Å². The van der Waals surface area contributed by atoms with Crippen molar-refractivity contribution in [1.82, 2.24) is 14.7 Å². The van der Waals surface area contributed by atoms with E-state index in [9.17, 15) is 9.90 Å². The van der Waals surface area contributed by atoms with Crippen LogP contribution in [-0.4, -0.2) is 34.2 Å². The quantitative estimate of drug-likeness (QED) is 0.745. The summed E-state index contributed by atoms with van der Waals surface area (Å²) >= 11 is 0. The Bertz CT molecular complexity index is 632. The molecule has 1 aliphatic rings. The molecule has 1 fully saturated rings. The van der Waals surface area contributed by atoms with E-state index in [1.54, 1.807) is 0 Å². The highest BCUT2D eigenvalue weighted by atomic mass is 16.5. The second-order valence-corrected chi connectivity index (χ2v) is 4.20. The summed E-state index contributed by atoms with van der Waals surface area (Å²) in [5.41, 5.74) is 0.841. The van der Waals surface area contributed by atoms with Crippen LogP contribution in [0.5, 0.6) is 5.75 Å². The Kier molecular flexibility index (Phi) is 2.73. The zero-order chi connectivity index (χ0) is 12.5. The highest BCUT2D eigenvalue weighted by molar-refractivity contribution is 5.44. The maximum absolute atomic E-state index is 11.9. The van der Waals surface area contributed by atoms with E-state index in [1.807, 2.05) is 0 Å². The lowest BCUT2D eigenvalue weighted by atomic mass is 10.2. The summed E-state index contributed by atoms with van der Waals surface area (Å²) in [6, 6.07) is 4.39. The predicted octanol–water partition coefficient (Wildman–Crippen LogP) is 0.0610. The highest BCUT2D eigenvalue weighted by Gasteiger charge is 2.18. The molecule has 18 heavy (non-hydrogen) atoms. The Morgan fingerprint density at radius 2 is 2.39 bits per heavy atom. The van der Waals surface area contributed by atoms with E-state index in [0.29, 0.717) is 24.5 Å². The molecule has 6 heteroatoms. The molecule has 0 bridgehead atoms. The summed E-state index contributed by atoms with van der Waals surface area (Å²) in [6.45, 7) is 2.05. The van der Waals surface area contributed by atoms with Gasteiger partial charge in [-0.3, -0.25) is 9.20 Å². The lowest BCUT2D eigenvalue weighted by Crippen LogP contribution is -2.34. The molecule has 1 aliphatic heterocycles. The summed E-state index contributed by atoms with van der Waals surface area (Å²) < 4.78 is 6.95. The molecule has 6 nitrogen and oxygen atoms in total. The Hall–Kier alpha value is -1.92. The molecule has 2 aromatic rings. The van der Waals surface area contributed by atoms with Gasteiger partial charge in [-0.2, -0.15) is 0 Å². The zero-order valence-corrected chi connectivity index (χ0v) is 9.67. The largest absolute Gasteiger partial charge is 0.508 e. The van der Waals surface area contributed by atoms with Crippen molar-refractivity contribution < 1.29 is 9.84 Å². The van der Waals surface area contributed by atoms with Crippen molar-refractivity contribution in [2.75, 3.05) is 19.7 Å². The van der Waals surface area contributed by atoms with Crippen molar-refractivity contribution >= 4 is 5.65 Å². The number of rotatable bonds is 1. The number of nitrogens with one attached hydrogen (secondary N) is 1. The third-order valence-electron chi connectivity index (χ3n) is 2.93. The molecule has 0 aromatic carbocycles. The number of hydrogen-bond donors (Lipinski definition) is 2. The third-order valence-corrected chi connectivity index (χ3v) is 2.93. The van der Waals surface area contributed by atoms with Gasteiger partial charge in [0.05, 0.1) is 12.3 Å². The van der Waals surface area contributed by atoms with Crippen LogP contribution in [0, 0.1) is 0 Å². The monoisotopic (exact) mass is 247 g/mol. The molecule has 0 amide bonds. The van der Waals surface area contributed by atoms with Gasteiger partial charge in [0.1, 0.15) is 17.5 Å². The molecule has 3 heterocycles. The predicted molar refractivity (Wildman–Crippen MR) is 64.7 cm³/mol. The van der Waals surface area contributed by atoms with E-state index >= 15 is 0 Å². The lowest BCUT2D eigenvalue weighted by molar-refractivity contribution is 0.0250. The molecule has 0 spiro atoms. The Morgan fingerprint density at radius 1 is 1.50 bits per heavy atom. The fraction of sp³-hybridized carbons (Fsp3) is 0.333. The van der Waals surface area contributed by atoms with Crippen LogP contribution in [0.4, 0.5) is 0 Å². The first kappa shape index (κ1) is 11.2. The van der Waals surface area contributed by atoms with Gasteiger partial charge in [-0.15, -0.1) is 0 Å². The molecule has 2 aromatic heterocycles. The maximum atomic E-state index is 11.9. The van der Waals surface area contributed by atoms with E-state index in [1.165, 1.54) is 28.8 Å². The molecule has 3 rings (SSSR count). The van der Waals surface area contributed by atoms with E-state index in [-0.39, 0.29) is 17.4 Å². The van der Waals surface area contributed by atoms with E-state index in [0.717, 1.165) is 6.54 Å². The van der Waals surface area contributed by atoms with Gasteiger partial charge in [0.25, 0.3) is 5.56 Å². The number of pyridine rings is 1. The van der Waals surface area contributed by atoms with Crippen LogP contribution in [-0.2, 0) is 4.74 Å². The fourth-order valence-electron chi connectivity index (χ4n) is 2.03. The molecule has 0 saturated carbocycles. The number of nitrogens with zero attached hydrogens (tertiary/aromatic N) is 2. The average Bonchev–Trinajstić information content (AvgIpc) is 2.39. The summed E-state index contributed by atoms with van der Waals surface area (Å²) in [6.07, 6.45) is 1.29. The summed E-state index contributed by atoms with van der Waals surface area (Å²) in [4.78, 5) is 16.3. The van der Waals surface area contributed by atoms with Crippen LogP contribution >= 0.6 is 0 Å². The van der Waals surface area contributed by atoms with E-state index in [2.05, 4.69) is 10.3 Å². The van der Waals surface area contributed by atoms with Crippen molar-refractivity contribution in [3.05, 3.63) is 40.4 Å². The van der Waals surface area contributed by atoms with Crippen molar-refractivity contribution in [2.45, 2.75) is 6.10 Å². The number of aromatic nitrogens is 2. The fourth-order valence-corrected chi connectivity index (χ4v) is 2.03. The normalized spacial score (nSPS) is 20.1. The Balaban J connectivity index is 2.10. The van der Waals surface area contributed by atoms with E-state index < -0.39 is 0 Å². The van der Waals surface area contributed by atoms with Crippen LogP contribution in [0.2, 0.25) is 0 Å². The molecular formula is C12H13N3O3. The number of fused-ring (bicyclic) bond motifs is 1. The minimum atomic E-state index is -0.209. The van der Waals surface area contributed by atoms with Crippen LogP contribution < -0.4 is 10.9 Å². The summed E-state index contributed by atoms with van der Waals surface area (Å²) in [5.74, 6) is 0.0849. The maximum Gasteiger partial charge on any atom is 0.258 e. The second-order valence-electron chi connectivity index (χ2n) is 4.20. The van der Waals surface area contributed by atoms with Gasteiger partial charge in [0.2, 0.25) is 0 Å². The van der Waals surface area contributed by atoms with E-state index in [4.69, 9.17) is 4.74 Å².